The molecular formula is C11H10O3. The molecule has 2 aliphatic rings. The Morgan fingerprint density at radius 3 is 2.79 bits per heavy atom. The third kappa shape index (κ3) is 0.876. The molecule has 0 unspecified atom stereocenters. The smallest absolute Gasteiger partial charge is 0.306 e. The largest absolute Gasteiger partial charge is 0.457 e. The number of benzene rings is 1. The van der Waals surface area contributed by atoms with Crippen molar-refractivity contribution >= 4 is 5.97 Å². The number of ether oxygens (including phenoxy) is 1. The van der Waals surface area contributed by atoms with E-state index >= 15 is 0 Å². The van der Waals surface area contributed by atoms with E-state index in [2.05, 4.69) is 0 Å². The Morgan fingerprint density at radius 1 is 1.29 bits per heavy atom. The van der Waals surface area contributed by atoms with E-state index in [1.807, 2.05) is 24.3 Å². The van der Waals surface area contributed by atoms with Gasteiger partial charge in [0.1, 0.15) is 6.10 Å². The molecule has 1 heterocycles. The first-order valence-electron chi connectivity index (χ1n) is 4.74. The topological polar surface area (TPSA) is 46.5 Å². The minimum Gasteiger partial charge on any atom is -0.457 e. The zero-order chi connectivity index (χ0) is 9.71. The maximum absolute atomic E-state index is 11.1. The molecule has 3 rings (SSSR count). The first-order chi connectivity index (χ1) is 6.77. The molecule has 1 aromatic carbocycles. The molecule has 0 spiro atoms. The van der Waals surface area contributed by atoms with Gasteiger partial charge in [-0.25, -0.2) is 0 Å². The molecule has 1 saturated heterocycles. The maximum Gasteiger partial charge on any atom is 0.306 e. The molecular weight excluding hydrogens is 180 g/mol. The van der Waals surface area contributed by atoms with Crippen molar-refractivity contribution in [2.24, 2.45) is 5.92 Å². The highest BCUT2D eigenvalue weighted by atomic mass is 16.6. The molecule has 0 radical (unpaired) electrons. The van der Waals surface area contributed by atoms with Crippen LogP contribution in [0.5, 0.6) is 0 Å². The van der Waals surface area contributed by atoms with E-state index in [1.165, 1.54) is 0 Å². The van der Waals surface area contributed by atoms with Gasteiger partial charge in [-0.3, -0.25) is 4.79 Å². The van der Waals surface area contributed by atoms with E-state index in [4.69, 9.17) is 4.74 Å². The van der Waals surface area contributed by atoms with Crippen molar-refractivity contribution in [3.8, 4) is 0 Å². The van der Waals surface area contributed by atoms with Crippen molar-refractivity contribution < 1.29 is 14.6 Å². The van der Waals surface area contributed by atoms with Gasteiger partial charge in [0.25, 0.3) is 0 Å². The van der Waals surface area contributed by atoms with E-state index in [1.54, 1.807) is 0 Å². The van der Waals surface area contributed by atoms with Crippen LogP contribution >= 0.6 is 0 Å². The van der Waals surface area contributed by atoms with Crippen LogP contribution in [0.25, 0.3) is 0 Å². The quantitative estimate of drug-likeness (QED) is 0.628. The van der Waals surface area contributed by atoms with Gasteiger partial charge in [0.2, 0.25) is 0 Å². The van der Waals surface area contributed by atoms with E-state index in [0.29, 0.717) is 6.42 Å². The summed E-state index contributed by atoms with van der Waals surface area (Å²) >= 11 is 0. The monoisotopic (exact) mass is 190 g/mol. The van der Waals surface area contributed by atoms with Crippen molar-refractivity contribution in [1.29, 1.82) is 0 Å². The SMILES string of the molecule is O=C1C[C@@H]2[C@H](O1)c1ccccc1[C@@H]2O. The second-order valence-electron chi connectivity index (χ2n) is 3.85. The average molecular weight is 190 g/mol. The lowest BCUT2D eigenvalue weighted by Crippen LogP contribution is -2.06. The van der Waals surface area contributed by atoms with Crippen molar-refractivity contribution in [2.45, 2.75) is 18.6 Å². The van der Waals surface area contributed by atoms with Gasteiger partial charge in [-0.1, -0.05) is 24.3 Å². The fourth-order valence-corrected chi connectivity index (χ4v) is 2.42. The molecule has 3 heteroatoms. The first-order valence-corrected chi connectivity index (χ1v) is 4.74. The van der Waals surface area contributed by atoms with E-state index in [-0.39, 0.29) is 18.0 Å². The van der Waals surface area contributed by atoms with Crippen LogP contribution in [0.3, 0.4) is 0 Å². The predicted octanol–water partition coefficient (Wildman–Crippen LogP) is 1.34. The van der Waals surface area contributed by atoms with Gasteiger partial charge in [-0.2, -0.15) is 0 Å². The number of rotatable bonds is 0. The minimum absolute atomic E-state index is 0.0695. The molecule has 0 aromatic heterocycles. The summed E-state index contributed by atoms with van der Waals surface area (Å²) in [4.78, 5) is 11.1. The minimum atomic E-state index is -0.539. The standard InChI is InChI=1S/C11H10O3/c12-9-5-8-10(13)6-3-1-2-4-7(6)11(8)14-9/h1-4,8,10-11,13H,5H2/t8-,10-,11+/m0/s1. The summed E-state index contributed by atoms with van der Waals surface area (Å²) in [6, 6.07) is 7.61. The van der Waals surface area contributed by atoms with Gasteiger partial charge in [0.15, 0.2) is 0 Å². The van der Waals surface area contributed by atoms with Crippen molar-refractivity contribution in [3.63, 3.8) is 0 Å². The van der Waals surface area contributed by atoms with E-state index in [0.717, 1.165) is 11.1 Å². The van der Waals surface area contributed by atoms with Gasteiger partial charge in [-0.05, 0) is 11.1 Å². The Morgan fingerprint density at radius 2 is 2.00 bits per heavy atom. The number of hydrogen-bond donors (Lipinski definition) is 1. The molecule has 0 amide bonds. The molecule has 3 atom stereocenters. The number of hydrogen-bond acceptors (Lipinski definition) is 3. The van der Waals surface area contributed by atoms with Crippen LogP contribution in [0.1, 0.15) is 29.8 Å². The molecule has 1 aromatic rings. The van der Waals surface area contributed by atoms with Crippen molar-refractivity contribution in [2.75, 3.05) is 0 Å². The summed E-state index contributed by atoms with van der Waals surface area (Å²) in [7, 11) is 0. The van der Waals surface area contributed by atoms with Crippen LogP contribution in [-0.4, -0.2) is 11.1 Å². The van der Waals surface area contributed by atoms with Gasteiger partial charge in [0.05, 0.1) is 12.5 Å². The lowest BCUT2D eigenvalue weighted by Gasteiger charge is -2.09. The van der Waals surface area contributed by atoms with E-state index in [9.17, 15) is 9.90 Å². The number of fused-ring (bicyclic) bond motifs is 3. The summed E-state index contributed by atoms with van der Waals surface area (Å²) in [6.07, 6.45) is -0.420. The molecule has 3 nitrogen and oxygen atoms in total. The zero-order valence-electron chi connectivity index (χ0n) is 7.51. The normalized spacial score (nSPS) is 33.8. The summed E-state index contributed by atoms with van der Waals surface area (Å²) in [5.41, 5.74) is 1.88. The Bertz CT molecular complexity index is 399. The first kappa shape index (κ1) is 8.00. The highest BCUT2D eigenvalue weighted by Gasteiger charge is 2.47. The molecule has 1 aliphatic carbocycles. The second kappa shape index (κ2) is 2.58. The maximum atomic E-state index is 11.1. The second-order valence-corrected chi connectivity index (χ2v) is 3.85. The fraction of sp³-hybridized carbons (Fsp3) is 0.364. The van der Waals surface area contributed by atoms with Crippen LogP contribution in [-0.2, 0) is 9.53 Å². The summed E-state index contributed by atoms with van der Waals surface area (Å²) in [5.74, 6) is -0.270. The van der Waals surface area contributed by atoms with Crippen molar-refractivity contribution in [3.05, 3.63) is 35.4 Å². The summed E-state index contributed by atoms with van der Waals surface area (Å²) in [6.45, 7) is 0. The summed E-state index contributed by atoms with van der Waals surface area (Å²) in [5, 5.41) is 9.94. The number of aliphatic hydroxyl groups is 1. The van der Waals surface area contributed by atoms with Crippen LogP contribution in [0.2, 0.25) is 0 Å². The molecule has 1 fully saturated rings. The van der Waals surface area contributed by atoms with Crippen LogP contribution in [0, 0.1) is 5.92 Å². The highest BCUT2D eigenvalue weighted by molar-refractivity contribution is 5.73. The Kier molecular flexibility index (Phi) is 1.47. The molecule has 0 saturated carbocycles. The van der Waals surface area contributed by atoms with Gasteiger partial charge < -0.3 is 9.84 Å². The zero-order valence-corrected chi connectivity index (χ0v) is 7.51. The highest BCUT2D eigenvalue weighted by Crippen LogP contribution is 2.50. The van der Waals surface area contributed by atoms with Crippen LogP contribution < -0.4 is 0 Å². The molecule has 1 aliphatic heterocycles. The third-order valence-electron chi connectivity index (χ3n) is 3.08. The van der Waals surface area contributed by atoms with Gasteiger partial charge in [0, 0.05) is 5.92 Å². The fourth-order valence-electron chi connectivity index (χ4n) is 2.42. The van der Waals surface area contributed by atoms with Gasteiger partial charge >= 0.3 is 5.97 Å². The summed E-state index contributed by atoms with van der Waals surface area (Å²) < 4.78 is 5.18. The third-order valence-corrected chi connectivity index (χ3v) is 3.08. The molecule has 0 bridgehead atoms. The Balaban J connectivity index is 2.11. The number of aliphatic hydroxyl groups excluding tert-OH is 1. The predicted molar refractivity (Wildman–Crippen MR) is 48.3 cm³/mol. The molecule has 14 heavy (non-hydrogen) atoms. The van der Waals surface area contributed by atoms with Crippen LogP contribution in [0.4, 0.5) is 0 Å². The lowest BCUT2D eigenvalue weighted by atomic mass is 10.0. The molecule has 1 N–H and O–H groups in total. The Labute approximate surface area is 81.3 Å². The van der Waals surface area contributed by atoms with Crippen LogP contribution in [0.15, 0.2) is 24.3 Å². The number of carbonyl (C=O) groups excluding carboxylic acids is 1. The Hall–Kier alpha value is -1.35. The molecule has 72 valence electrons. The van der Waals surface area contributed by atoms with Gasteiger partial charge in [-0.15, -0.1) is 0 Å². The number of esters is 1. The average Bonchev–Trinajstić information content (AvgIpc) is 2.68. The van der Waals surface area contributed by atoms with E-state index < -0.39 is 6.10 Å². The van der Waals surface area contributed by atoms with Crippen molar-refractivity contribution in [1.82, 2.24) is 0 Å². The lowest BCUT2D eigenvalue weighted by molar-refractivity contribution is -0.141. The number of carbonyl (C=O) groups is 1.